The minimum Gasteiger partial charge on any atom is -0.212 e. The van der Waals surface area contributed by atoms with E-state index < -0.39 is 20.0 Å². The summed E-state index contributed by atoms with van der Waals surface area (Å²) in [7, 11) is -6.86. The Morgan fingerprint density at radius 1 is 0.826 bits per heavy atom. The first kappa shape index (κ1) is 18.4. The Morgan fingerprint density at radius 2 is 1.30 bits per heavy atom. The fraction of sp³-hybridized carbons (Fsp3) is 0.600. The van der Waals surface area contributed by atoms with Crippen molar-refractivity contribution in [2.45, 2.75) is 32.6 Å². The lowest BCUT2D eigenvalue weighted by Gasteiger charge is -2.33. The lowest BCUT2D eigenvalue weighted by atomic mass is 10.1. The van der Waals surface area contributed by atoms with Gasteiger partial charge in [-0.15, -0.1) is 0 Å². The molecule has 6 nitrogen and oxygen atoms in total. The number of aryl methyl sites for hydroxylation is 3. The number of sulfonamides is 2. The first-order valence-corrected chi connectivity index (χ1v) is 10.7. The van der Waals surface area contributed by atoms with Crippen LogP contribution in [0.25, 0.3) is 0 Å². The molecule has 23 heavy (non-hydrogen) atoms. The van der Waals surface area contributed by atoms with Crippen molar-refractivity contribution in [3.8, 4) is 0 Å². The van der Waals surface area contributed by atoms with Crippen molar-refractivity contribution >= 4 is 20.0 Å². The van der Waals surface area contributed by atoms with Crippen LogP contribution in [-0.4, -0.2) is 57.4 Å². The molecule has 1 aromatic carbocycles. The summed E-state index contributed by atoms with van der Waals surface area (Å²) < 4.78 is 52.2. The first-order chi connectivity index (χ1) is 10.6. The summed E-state index contributed by atoms with van der Waals surface area (Å²) in [4.78, 5) is 0.312. The van der Waals surface area contributed by atoms with Gasteiger partial charge in [-0.1, -0.05) is 6.07 Å². The second-order valence-electron chi connectivity index (χ2n) is 5.91. The zero-order valence-electron chi connectivity index (χ0n) is 14.0. The van der Waals surface area contributed by atoms with Gasteiger partial charge in [0.15, 0.2) is 0 Å². The SMILES string of the molecule is CCS(=O)(=O)N1CCN(S(=O)(=O)c2cc(C)c(C)cc2C)CC1. The molecule has 0 atom stereocenters. The van der Waals surface area contributed by atoms with Crippen LogP contribution >= 0.6 is 0 Å². The van der Waals surface area contributed by atoms with Gasteiger partial charge < -0.3 is 0 Å². The van der Waals surface area contributed by atoms with Crippen LogP contribution in [0.1, 0.15) is 23.6 Å². The van der Waals surface area contributed by atoms with E-state index in [4.69, 9.17) is 0 Å². The molecule has 1 aromatic rings. The lowest BCUT2D eigenvalue weighted by Crippen LogP contribution is -2.50. The smallest absolute Gasteiger partial charge is 0.212 e. The van der Waals surface area contributed by atoms with E-state index in [1.807, 2.05) is 19.9 Å². The van der Waals surface area contributed by atoms with E-state index in [1.54, 1.807) is 19.9 Å². The first-order valence-electron chi connectivity index (χ1n) is 7.65. The molecule has 0 saturated carbocycles. The van der Waals surface area contributed by atoms with Gasteiger partial charge in [-0.2, -0.15) is 8.61 Å². The maximum Gasteiger partial charge on any atom is 0.243 e. The van der Waals surface area contributed by atoms with Crippen molar-refractivity contribution in [2.75, 3.05) is 31.9 Å². The van der Waals surface area contributed by atoms with Crippen LogP contribution < -0.4 is 0 Å². The highest BCUT2D eigenvalue weighted by Crippen LogP contribution is 2.24. The van der Waals surface area contributed by atoms with Gasteiger partial charge in [0, 0.05) is 26.2 Å². The molecule has 0 aromatic heterocycles. The molecule has 0 spiro atoms. The molecule has 0 N–H and O–H groups in total. The van der Waals surface area contributed by atoms with E-state index in [-0.39, 0.29) is 31.9 Å². The van der Waals surface area contributed by atoms with Crippen LogP contribution in [0.3, 0.4) is 0 Å². The van der Waals surface area contributed by atoms with Crippen molar-refractivity contribution in [3.63, 3.8) is 0 Å². The Kier molecular flexibility index (Phi) is 5.20. The van der Waals surface area contributed by atoms with Crippen LogP contribution in [0.4, 0.5) is 0 Å². The highest BCUT2D eigenvalue weighted by molar-refractivity contribution is 7.89. The van der Waals surface area contributed by atoms with Crippen LogP contribution in [0.2, 0.25) is 0 Å². The second-order valence-corrected chi connectivity index (χ2v) is 10.1. The molecular formula is C15H24N2O4S2. The van der Waals surface area contributed by atoms with E-state index in [0.29, 0.717) is 4.90 Å². The summed E-state index contributed by atoms with van der Waals surface area (Å²) in [5.41, 5.74) is 2.71. The second kappa shape index (κ2) is 6.51. The monoisotopic (exact) mass is 360 g/mol. The van der Waals surface area contributed by atoms with Crippen LogP contribution in [0.15, 0.2) is 17.0 Å². The van der Waals surface area contributed by atoms with Crippen molar-refractivity contribution in [1.82, 2.24) is 8.61 Å². The van der Waals surface area contributed by atoms with Crippen molar-refractivity contribution in [3.05, 3.63) is 28.8 Å². The van der Waals surface area contributed by atoms with Crippen LogP contribution in [0, 0.1) is 20.8 Å². The third-order valence-corrected chi connectivity index (χ3v) is 8.29. The Balaban J connectivity index is 2.25. The molecule has 2 rings (SSSR count). The summed E-state index contributed by atoms with van der Waals surface area (Å²) in [5, 5.41) is 0. The number of piperazine rings is 1. The third-order valence-electron chi connectivity index (χ3n) is 4.36. The highest BCUT2D eigenvalue weighted by Gasteiger charge is 2.33. The van der Waals surface area contributed by atoms with Crippen LogP contribution in [-0.2, 0) is 20.0 Å². The average Bonchev–Trinajstić information content (AvgIpc) is 2.50. The van der Waals surface area contributed by atoms with E-state index in [1.165, 1.54) is 8.61 Å². The van der Waals surface area contributed by atoms with Crippen molar-refractivity contribution in [2.24, 2.45) is 0 Å². The summed E-state index contributed by atoms with van der Waals surface area (Å²) in [5.74, 6) is 0.0377. The Bertz CT molecular complexity index is 793. The number of hydrogen-bond donors (Lipinski definition) is 0. The molecular weight excluding hydrogens is 336 g/mol. The maximum atomic E-state index is 12.9. The largest absolute Gasteiger partial charge is 0.243 e. The minimum atomic E-state index is -3.60. The van der Waals surface area contributed by atoms with Crippen molar-refractivity contribution < 1.29 is 16.8 Å². The average molecular weight is 361 g/mol. The van der Waals surface area contributed by atoms with Crippen LogP contribution in [0.5, 0.6) is 0 Å². The molecule has 0 amide bonds. The number of rotatable bonds is 4. The maximum absolute atomic E-state index is 12.9. The van der Waals surface area contributed by atoms with Gasteiger partial charge in [0.05, 0.1) is 10.6 Å². The Hall–Kier alpha value is -0.960. The zero-order valence-corrected chi connectivity index (χ0v) is 15.7. The fourth-order valence-electron chi connectivity index (χ4n) is 2.72. The van der Waals surface area contributed by atoms with E-state index in [2.05, 4.69) is 0 Å². The summed E-state index contributed by atoms with van der Waals surface area (Å²) in [6.07, 6.45) is 0. The predicted octanol–water partition coefficient (Wildman–Crippen LogP) is 1.27. The van der Waals surface area contributed by atoms with E-state index >= 15 is 0 Å². The molecule has 1 aliphatic rings. The highest BCUT2D eigenvalue weighted by atomic mass is 32.2. The quantitative estimate of drug-likeness (QED) is 0.810. The van der Waals surface area contributed by atoms with Crippen molar-refractivity contribution in [1.29, 1.82) is 0 Å². The molecule has 8 heteroatoms. The summed E-state index contributed by atoms with van der Waals surface area (Å²) in [6, 6.07) is 3.58. The normalized spacial score (nSPS) is 18.3. The predicted molar refractivity (Wildman–Crippen MR) is 90.4 cm³/mol. The minimum absolute atomic E-state index is 0.0377. The van der Waals surface area contributed by atoms with Gasteiger partial charge in [0.2, 0.25) is 20.0 Å². The number of nitrogens with zero attached hydrogens (tertiary/aromatic N) is 2. The topological polar surface area (TPSA) is 74.8 Å². The van der Waals surface area contributed by atoms with Gasteiger partial charge in [-0.05, 0) is 50.5 Å². The molecule has 0 radical (unpaired) electrons. The molecule has 1 fully saturated rings. The van der Waals surface area contributed by atoms with Gasteiger partial charge in [0.25, 0.3) is 0 Å². The lowest BCUT2D eigenvalue weighted by molar-refractivity contribution is 0.273. The molecule has 1 heterocycles. The van der Waals surface area contributed by atoms with E-state index in [0.717, 1.165) is 16.7 Å². The number of hydrogen-bond acceptors (Lipinski definition) is 4. The Morgan fingerprint density at radius 3 is 1.83 bits per heavy atom. The van der Waals surface area contributed by atoms with Gasteiger partial charge in [-0.3, -0.25) is 0 Å². The van der Waals surface area contributed by atoms with Gasteiger partial charge in [-0.25, -0.2) is 16.8 Å². The van der Waals surface area contributed by atoms with E-state index in [9.17, 15) is 16.8 Å². The Labute approximate surface area is 139 Å². The third kappa shape index (κ3) is 3.60. The fourth-order valence-corrected chi connectivity index (χ4v) is 5.52. The molecule has 1 aliphatic heterocycles. The van der Waals surface area contributed by atoms with Gasteiger partial charge in [0.1, 0.15) is 0 Å². The van der Waals surface area contributed by atoms with Gasteiger partial charge >= 0.3 is 0 Å². The molecule has 130 valence electrons. The zero-order chi connectivity index (χ0) is 17.4. The molecule has 0 aliphatic carbocycles. The summed E-state index contributed by atoms with van der Waals surface area (Å²) in [6.45, 7) is 8.01. The standard InChI is InChI=1S/C15H24N2O4S2/c1-5-22(18,19)16-6-8-17(9-7-16)23(20,21)15-11-13(3)12(2)10-14(15)4/h10-11H,5-9H2,1-4H3. The molecule has 0 bridgehead atoms. The molecule has 1 saturated heterocycles. The molecule has 0 unspecified atom stereocenters. The number of benzene rings is 1. The summed E-state index contributed by atoms with van der Waals surface area (Å²) >= 11 is 0.